The first-order valence-electron chi connectivity index (χ1n) is 12.7. The number of aromatic nitrogens is 5. The lowest BCUT2D eigenvalue weighted by Gasteiger charge is -2.31. The van der Waals surface area contributed by atoms with Crippen molar-refractivity contribution in [2.45, 2.75) is 37.6 Å². The van der Waals surface area contributed by atoms with Crippen molar-refractivity contribution in [1.82, 2.24) is 34.8 Å². The maximum Gasteiger partial charge on any atom is 0.326 e. The molecule has 14 heteroatoms. The molecule has 1 aliphatic carbocycles. The Bertz CT molecular complexity index is 1710. The van der Waals surface area contributed by atoms with Crippen LogP contribution in [0.3, 0.4) is 0 Å². The van der Waals surface area contributed by atoms with Gasteiger partial charge in [-0.2, -0.15) is 9.61 Å². The number of nitrogens with one attached hydrogen (secondary N) is 3. The summed E-state index contributed by atoms with van der Waals surface area (Å²) >= 11 is 1.29. The molecule has 0 spiro atoms. The summed E-state index contributed by atoms with van der Waals surface area (Å²) in [6.45, 7) is 1.53. The molecule has 0 radical (unpaired) electrons. The predicted octanol–water partition coefficient (Wildman–Crippen LogP) is 1.25. The zero-order valence-corrected chi connectivity index (χ0v) is 21.6. The molecule has 1 saturated carbocycles. The number of carbonyl (C=O) groups is 1. The van der Waals surface area contributed by atoms with Gasteiger partial charge in [-0.25, -0.2) is 18.6 Å². The van der Waals surface area contributed by atoms with Crippen LogP contribution in [0.4, 0.5) is 8.78 Å². The van der Waals surface area contributed by atoms with Gasteiger partial charge in [-0.3, -0.25) is 14.8 Å². The minimum absolute atomic E-state index is 0.150. The van der Waals surface area contributed by atoms with E-state index in [0.29, 0.717) is 53.1 Å². The van der Waals surface area contributed by atoms with Crippen molar-refractivity contribution < 1.29 is 18.7 Å². The van der Waals surface area contributed by atoms with E-state index in [0.717, 1.165) is 17.7 Å². The lowest BCUT2D eigenvalue weighted by atomic mass is 10.1. The number of fused-ring (bicyclic) bond motifs is 1. The zero-order chi connectivity index (χ0) is 27.1. The molecule has 11 nitrogen and oxygen atoms in total. The monoisotopic (exact) mass is 556 g/mol. The quantitative estimate of drug-likeness (QED) is 0.270. The SMILES string of the molecule is O=C(NCCN1CCC(F)(F)CC1)c1ccc(-c2cc(=NC3CC3)n3ncc(=Cc4[nH]c(=O)[nH]c4O)c3n2)s1. The van der Waals surface area contributed by atoms with Gasteiger partial charge in [0.25, 0.3) is 11.8 Å². The van der Waals surface area contributed by atoms with Gasteiger partial charge in [0.05, 0.1) is 27.7 Å². The molecule has 0 atom stereocenters. The highest BCUT2D eigenvalue weighted by molar-refractivity contribution is 7.17. The Morgan fingerprint density at radius 2 is 2.08 bits per heavy atom. The van der Waals surface area contributed by atoms with Crippen LogP contribution in [0.25, 0.3) is 22.3 Å². The number of likely N-dealkylation sites (tertiary alicyclic amines) is 1. The lowest BCUT2D eigenvalue weighted by Crippen LogP contribution is -2.42. The van der Waals surface area contributed by atoms with Crippen LogP contribution in [0, 0.1) is 0 Å². The second-order valence-corrected chi connectivity index (χ2v) is 10.9. The summed E-state index contributed by atoms with van der Waals surface area (Å²) in [6, 6.07) is 5.60. The summed E-state index contributed by atoms with van der Waals surface area (Å²) in [7, 11) is 0. The van der Waals surface area contributed by atoms with Crippen LogP contribution in [0.5, 0.6) is 5.88 Å². The maximum absolute atomic E-state index is 13.4. The number of hydrogen-bond acceptors (Lipinski definition) is 8. The summed E-state index contributed by atoms with van der Waals surface area (Å²) in [5.74, 6) is -3.11. The Kier molecular flexibility index (Phi) is 6.51. The molecule has 0 unspecified atom stereocenters. The van der Waals surface area contributed by atoms with Gasteiger partial charge in [-0.05, 0) is 31.1 Å². The number of aromatic hydroxyl groups is 1. The minimum Gasteiger partial charge on any atom is -0.493 e. The van der Waals surface area contributed by atoms with E-state index in [-0.39, 0.29) is 36.4 Å². The molecular weight excluding hydrogens is 530 g/mol. The summed E-state index contributed by atoms with van der Waals surface area (Å²) in [4.78, 5) is 41.9. The number of nitrogens with zero attached hydrogens (tertiary/aromatic N) is 5. The van der Waals surface area contributed by atoms with Crippen molar-refractivity contribution in [2.24, 2.45) is 4.99 Å². The van der Waals surface area contributed by atoms with Gasteiger partial charge >= 0.3 is 5.69 Å². The van der Waals surface area contributed by atoms with Crippen LogP contribution in [0.2, 0.25) is 0 Å². The van der Waals surface area contributed by atoms with Crippen molar-refractivity contribution in [3.8, 4) is 16.5 Å². The number of hydrogen-bond donors (Lipinski definition) is 4. The van der Waals surface area contributed by atoms with Crippen molar-refractivity contribution in [3.63, 3.8) is 0 Å². The van der Waals surface area contributed by atoms with Gasteiger partial charge in [0.1, 0.15) is 5.69 Å². The molecule has 204 valence electrons. The van der Waals surface area contributed by atoms with E-state index in [4.69, 9.17) is 9.98 Å². The first-order valence-corrected chi connectivity index (χ1v) is 13.5. The van der Waals surface area contributed by atoms with Gasteiger partial charge in [0, 0.05) is 50.3 Å². The summed E-state index contributed by atoms with van der Waals surface area (Å²) in [5.41, 5.74) is 1.39. The Labute approximate surface area is 223 Å². The summed E-state index contributed by atoms with van der Waals surface area (Å²) < 4.78 is 28.3. The van der Waals surface area contributed by atoms with Crippen LogP contribution < -0.4 is 21.7 Å². The molecule has 1 amide bonds. The minimum atomic E-state index is -2.59. The molecule has 4 aromatic heterocycles. The maximum atomic E-state index is 13.4. The fourth-order valence-corrected chi connectivity index (χ4v) is 5.32. The molecular formula is C25H26F2N8O3S. The van der Waals surface area contributed by atoms with E-state index in [1.165, 1.54) is 11.3 Å². The third-order valence-corrected chi connectivity index (χ3v) is 7.87. The summed E-state index contributed by atoms with van der Waals surface area (Å²) in [6.07, 6.45) is 4.86. The number of amides is 1. The highest BCUT2D eigenvalue weighted by atomic mass is 32.1. The first-order chi connectivity index (χ1) is 18.7. The number of carbonyl (C=O) groups excluding carboxylic acids is 1. The molecule has 4 N–H and O–H groups in total. The van der Waals surface area contributed by atoms with Crippen LogP contribution >= 0.6 is 11.3 Å². The number of piperidine rings is 1. The molecule has 1 aliphatic heterocycles. The second kappa shape index (κ2) is 10.0. The fourth-order valence-electron chi connectivity index (χ4n) is 4.44. The average molecular weight is 557 g/mol. The van der Waals surface area contributed by atoms with E-state index < -0.39 is 11.6 Å². The van der Waals surface area contributed by atoms with Gasteiger partial charge in [0.2, 0.25) is 5.88 Å². The molecule has 6 rings (SSSR count). The molecule has 2 aliphatic rings. The smallest absolute Gasteiger partial charge is 0.326 e. The topological polar surface area (TPSA) is 144 Å². The Hall–Kier alpha value is -3.91. The predicted molar refractivity (Wildman–Crippen MR) is 140 cm³/mol. The third kappa shape index (κ3) is 5.61. The highest BCUT2D eigenvalue weighted by Gasteiger charge is 2.33. The van der Waals surface area contributed by atoms with Crippen LogP contribution in [0.15, 0.2) is 34.2 Å². The third-order valence-electron chi connectivity index (χ3n) is 6.76. The van der Waals surface area contributed by atoms with Gasteiger partial charge in [-0.1, -0.05) is 0 Å². The number of halogens is 2. The standard InChI is InChI=1S/C25H26F2N8O3S/c26-25(27)5-8-34(9-6-25)10-7-28-23(37)19-4-3-18(39-19)16-12-20(30-15-1-2-15)35-21(31-16)14(13-29-35)11-17-22(36)33-24(38)32-17/h3-4,11-13,15,36H,1-2,5-10H2,(H,28,37)(H2,32,33,38). The molecule has 1 saturated heterocycles. The van der Waals surface area contributed by atoms with Gasteiger partial charge in [0.15, 0.2) is 11.1 Å². The fraction of sp³-hybridized carbons (Fsp3) is 0.400. The van der Waals surface area contributed by atoms with Crippen molar-refractivity contribution in [2.75, 3.05) is 26.2 Å². The van der Waals surface area contributed by atoms with Crippen LogP contribution in [-0.4, -0.2) is 78.6 Å². The number of rotatable bonds is 7. The van der Waals surface area contributed by atoms with E-state index in [2.05, 4.69) is 20.4 Å². The zero-order valence-electron chi connectivity index (χ0n) is 20.8. The largest absolute Gasteiger partial charge is 0.493 e. The highest BCUT2D eigenvalue weighted by Crippen LogP contribution is 2.28. The Morgan fingerprint density at radius 1 is 1.28 bits per heavy atom. The van der Waals surface area contributed by atoms with Gasteiger partial charge < -0.3 is 20.3 Å². The van der Waals surface area contributed by atoms with Gasteiger partial charge in [-0.15, -0.1) is 11.3 Å². The normalized spacial score (nSPS) is 18.7. The Morgan fingerprint density at radius 3 is 2.79 bits per heavy atom. The average Bonchev–Trinajstić information content (AvgIpc) is 3.27. The molecule has 5 heterocycles. The van der Waals surface area contributed by atoms with Crippen LogP contribution in [-0.2, 0) is 0 Å². The number of alkyl halides is 2. The summed E-state index contributed by atoms with van der Waals surface area (Å²) in [5, 5.41) is 17.8. The molecule has 2 fully saturated rings. The van der Waals surface area contributed by atoms with E-state index in [1.807, 2.05) is 17.0 Å². The first kappa shape index (κ1) is 25.4. The van der Waals surface area contributed by atoms with E-state index in [1.54, 1.807) is 22.9 Å². The number of thiophene rings is 1. The van der Waals surface area contributed by atoms with E-state index >= 15 is 0 Å². The molecule has 0 bridgehead atoms. The van der Waals surface area contributed by atoms with Crippen molar-refractivity contribution in [3.05, 3.63) is 56.2 Å². The molecule has 0 aromatic carbocycles. The lowest BCUT2D eigenvalue weighted by molar-refractivity contribution is -0.0547. The van der Waals surface area contributed by atoms with Crippen molar-refractivity contribution in [1.29, 1.82) is 0 Å². The Balaban J connectivity index is 1.24. The van der Waals surface area contributed by atoms with Crippen molar-refractivity contribution >= 4 is 29.0 Å². The number of H-pyrrole nitrogens is 2. The number of imidazole rings is 1. The van der Waals surface area contributed by atoms with Crippen LogP contribution in [0.1, 0.15) is 41.0 Å². The number of aromatic amines is 2. The molecule has 39 heavy (non-hydrogen) atoms. The van der Waals surface area contributed by atoms with E-state index in [9.17, 15) is 23.5 Å². The second-order valence-electron chi connectivity index (χ2n) is 9.80. The molecule has 4 aromatic rings.